The first-order valence-corrected chi connectivity index (χ1v) is 5.17. The Balaban J connectivity index is 2.53. The molecule has 0 aliphatic carbocycles. The van der Waals surface area contributed by atoms with Crippen LogP contribution in [-0.2, 0) is 6.54 Å². The van der Waals surface area contributed by atoms with Crippen molar-refractivity contribution in [3.05, 3.63) is 29.0 Å². The first-order valence-electron chi connectivity index (χ1n) is 4.79. The third-order valence-electron chi connectivity index (χ3n) is 2.09. The lowest BCUT2D eigenvalue weighted by Crippen LogP contribution is -2.28. The van der Waals surface area contributed by atoms with Gasteiger partial charge >= 0.3 is 0 Å². The normalized spacial score (nSPS) is 10.9. The lowest BCUT2D eigenvalue weighted by Gasteiger charge is -2.18. The second-order valence-corrected chi connectivity index (χ2v) is 3.53. The summed E-state index contributed by atoms with van der Waals surface area (Å²) in [7, 11) is 0. The number of hydrogen-bond acceptors (Lipinski definition) is 3. The van der Waals surface area contributed by atoms with E-state index in [0.29, 0.717) is 11.7 Å². The van der Waals surface area contributed by atoms with Gasteiger partial charge in [-0.15, -0.1) is 0 Å². The standard InChI is InChI=1S/C10H16ClN3/c1-2-14(6-5-12)8-9-3-4-10(11)13-7-9/h3-4,7H,2,5-6,8,12H2,1H3. The van der Waals surface area contributed by atoms with Crippen molar-refractivity contribution in [3.63, 3.8) is 0 Å². The summed E-state index contributed by atoms with van der Waals surface area (Å²) in [4.78, 5) is 6.30. The van der Waals surface area contributed by atoms with Crippen LogP contribution in [0.1, 0.15) is 12.5 Å². The maximum Gasteiger partial charge on any atom is 0.129 e. The van der Waals surface area contributed by atoms with E-state index in [9.17, 15) is 0 Å². The Morgan fingerprint density at radius 2 is 2.29 bits per heavy atom. The van der Waals surface area contributed by atoms with Crippen LogP contribution in [0.5, 0.6) is 0 Å². The smallest absolute Gasteiger partial charge is 0.129 e. The molecule has 3 nitrogen and oxygen atoms in total. The Hall–Kier alpha value is -0.640. The third-order valence-corrected chi connectivity index (χ3v) is 2.31. The average Bonchev–Trinajstić information content (AvgIpc) is 2.20. The van der Waals surface area contributed by atoms with E-state index in [0.717, 1.165) is 19.6 Å². The van der Waals surface area contributed by atoms with Crippen molar-refractivity contribution in [1.82, 2.24) is 9.88 Å². The third kappa shape index (κ3) is 3.62. The van der Waals surface area contributed by atoms with Crippen molar-refractivity contribution < 1.29 is 0 Å². The molecule has 0 radical (unpaired) electrons. The molecule has 78 valence electrons. The highest BCUT2D eigenvalue weighted by atomic mass is 35.5. The Kier molecular flexibility index (Phi) is 4.87. The molecule has 1 rings (SSSR count). The molecule has 0 unspecified atom stereocenters. The van der Waals surface area contributed by atoms with E-state index in [4.69, 9.17) is 17.3 Å². The van der Waals surface area contributed by atoms with Crippen LogP contribution in [0.4, 0.5) is 0 Å². The van der Waals surface area contributed by atoms with E-state index < -0.39 is 0 Å². The van der Waals surface area contributed by atoms with Gasteiger partial charge in [-0.25, -0.2) is 4.98 Å². The van der Waals surface area contributed by atoms with Gasteiger partial charge in [0.25, 0.3) is 0 Å². The van der Waals surface area contributed by atoms with Crippen molar-refractivity contribution in [2.24, 2.45) is 5.73 Å². The fourth-order valence-corrected chi connectivity index (χ4v) is 1.40. The zero-order chi connectivity index (χ0) is 10.4. The van der Waals surface area contributed by atoms with Crippen molar-refractivity contribution in [2.45, 2.75) is 13.5 Å². The molecule has 14 heavy (non-hydrogen) atoms. The zero-order valence-corrected chi connectivity index (χ0v) is 9.17. The van der Waals surface area contributed by atoms with Gasteiger partial charge in [0.1, 0.15) is 5.15 Å². The van der Waals surface area contributed by atoms with Gasteiger partial charge in [0.05, 0.1) is 0 Å². The van der Waals surface area contributed by atoms with Gasteiger partial charge in [-0.2, -0.15) is 0 Å². The summed E-state index contributed by atoms with van der Waals surface area (Å²) in [5.74, 6) is 0. The highest BCUT2D eigenvalue weighted by molar-refractivity contribution is 6.29. The van der Waals surface area contributed by atoms with Crippen LogP contribution in [0.25, 0.3) is 0 Å². The molecule has 0 atom stereocenters. The molecule has 0 saturated carbocycles. The Morgan fingerprint density at radius 1 is 1.50 bits per heavy atom. The molecular formula is C10H16ClN3. The highest BCUT2D eigenvalue weighted by Crippen LogP contribution is 2.07. The Morgan fingerprint density at radius 3 is 2.79 bits per heavy atom. The fraction of sp³-hybridized carbons (Fsp3) is 0.500. The topological polar surface area (TPSA) is 42.1 Å². The number of halogens is 1. The minimum atomic E-state index is 0.538. The molecule has 4 heteroatoms. The molecule has 0 aromatic carbocycles. The summed E-state index contributed by atoms with van der Waals surface area (Å²) in [5.41, 5.74) is 6.68. The monoisotopic (exact) mass is 213 g/mol. The molecule has 0 spiro atoms. The quantitative estimate of drug-likeness (QED) is 0.755. The van der Waals surface area contributed by atoms with Crippen LogP contribution in [-0.4, -0.2) is 29.5 Å². The lowest BCUT2D eigenvalue weighted by atomic mass is 10.2. The van der Waals surface area contributed by atoms with E-state index in [1.54, 1.807) is 0 Å². The van der Waals surface area contributed by atoms with Crippen molar-refractivity contribution in [1.29, 1.82) is 0 Å². The van der Waals surface area contributed by atoms with E-state index in [1.165, 1.54) is 5.56 Å². The number of rotatable bonds is 5. The molecule has 0 fully saturated rings. The molecule has 0 aliphatic rings. The second-order valence-electron chi connectivity index (χ2n) is 3.15. The molecule has 0 bridgehead atoms. The average molecular weight is 214 g/mol. The second kappa shape index (κ2) is 5.96. The van der Waals surface area contributed by atoms with E-state index >= 15 is 0 Å². The van der Waals surface area contributed by atoms with E-state index in [1.807, 2.05) is 18.3 Å². The molecule has 1 aromatic heterocycles. The van der Waals surface area contributed by atoms with Gasteiger partial charge in [0.2, 0.25) is 0 Å². The zero-order valence-electron chi connectivity index (χ0n) is 8.41. The number of aromatic nitrogens is 1. The molecule has 0 aliphatic heterocycles. The molecular weight excluding hydrogens is 198 g/mol. The van der Waals surface area contributed by atoms with E-state index in [2.05, 4.69) is 16.8 Å². The molecule has 1 heterocycles. The van der Waals surface area contributed by atoms with Gasteiger partial charge in [-0.3, -0.25) is 4.90 Å². The van der Waals surface area contributed by atoms with Gasteiger partial charge in [0.15, 0.2) is 0 Å². The number of pyridine rings is 1. The predicted octanol–water partition coefficient (Wildman–Crippen LogP) is 1.52. The number of nitrogens with zero attached hydrogens (tertiary/aromatic N) is 2. The summed E-state index contributed by atoms with van der Waals surface area (Å²) < 4.78 is 0. The largest absolute Gasteiger partial charge is 0.329 e. The van der Waals surface area contributed by atoms with Crippen LogP contribution >= 0.6 is 11.6 Å². The van der Waals surface area contributed by atoms with Crippen LogP contribution in [0.3, 0.4) is 0 Å². The highest BCUT2D eigenvalue weighted by Gasteiger charge is 2.02. The maximum atomic E-state index is 5.70. The van der Waals surface area contributed by atoms with Crippen molar-refractivity contribution >= 4 is 11.6 Å². The minimum Gasteiger partial charge on any atom is -0.329 e. The van der Waals surface area contributed by atoms with Crippen molar-refractivity contribution in [3.8, 4) is 0 Å². The Labute approximate surface area is 89.9 Å². The van der Waals surface area contributed by atoms with Crippen LogP contribution < -0.4 is 5.73 Å². The van der Waals surface area contributed by atoms with Crippen LogP contribution in [0, 0.1) is 0 Å². The van der Waals surface area contributed by atoms with E-state index in [-0.39, 0.29) is 0 Å². The molecule has 1 aromatic rings. The first-order chi connectivity index (χ1) is 6.76. The predicted molar refractivity (Wildman–Crippen MR) is 59.3 cm³/mol. The maximum absolute atomic E-state index is 5.70. The van der Waals surface area contributed by atoms with Crippen LogP contribution in [0.15, 0.2) is 18.3 Å². The number of hydrogen-bond donors (Lipinski definition) is 1. The summed E-state index contributed by atoms with van der Waals surface area (Å²) in [6, 6.07) is 3.81. The fourth-order valence-electron chi connectivity index (χ4n) is 1.29. The van der Waals surface area contributed by atoms with Crippen LogP contribution in [0.2, 0.25) is 5.15 Å². The van der Waals surface area contributed by atoms with Gasteiger partial charge < -0.3 is 5.73 Å². The van der Waals surface area contributed by atoms with Gasteiger partial charge in [-0.1, -0.05) is 24.6 Å². The number of nitrogens with two attached hydrogens (primary N) is 1. The molecule has 2 N–H and O–H groups in total. The Bertz CT molecular complexity index is 261. The summed E-state index contributed by atoms with van der Waals surface area (Å²) in [5, 5.41) is 0.538. The molecule has 0 amide bonds. The first kappa shape index (κ1) is 11.4. The van der Waals surface area contributed by atoms with Gasteiger partial charge in [-0.05, 0) is 18.2 Å². The summed E-state index contributed by atoms with van der Waals surface area (Å²) in [6.45, 7) is 5.62. The summed E-state index contributed by atoms with van der Waals surface area (Å²) >= 11 is 5.70. The van der Waals surface area contributed by atoms with Gasteiger partial charge in [0, 0.05) is 25.8 Å². The molecule has 0 saturated heterocycles. The SMILES string of the molecule is CCN(CCN)Cc1ccc(Cl)nc1. The van der Waals surface area contributed by atoms with Crippen molar-refractivity contribution in [2.75, 3.05) is 19.6 Å². The minimum absolute atomic E-state index is 0.538. The lowest BCUT2D eigenvalue weighted by molar-refractivity contribution is 0.288. The summed E-state index contributed by atoms with van der Waals surface area (Å²) in [6.07, 6.45) is 1.81. The number of likely N-dealkylation sites (N-methyl/N-ethyl adjacent to an activating group) is 1.